The predicted molar refractivity (Wildman–Crippen MR) is 181 cm³/mol. The summed E-state index contributed by atoms with van der Waals surface area (Å²) in [6, 6.07) is 23.4. The number of fused-ring (bicyclic) bond motifs is 1. The van der Waals surface area contributed by atoms with E-state index in [4.69, 9.17) is 33.7 Å². The standard InChI is InChI=1S/C33H29N4O12PS/c1-2-45-50(43,49-30(41)21-16-10-5-11-17-21)18-44-31-23(47-29(40)20-14-8-4-9-15-20)22(46-28(39)19-12-6-3-7-13-19)27(48-31)37-25-24(51-33(37)42)26(38)36-32(34)35-25/h3-17,22-23,27,31H,2,18H2,1H3,(H3,34,35,36,38)/t22-,23+,27-,31+,50?/m1/s1. The molecule has 0 saturated carbocycles. The number of anilines is 1. The van der Waals surface area contributed by atoms with Gasteiger partial charge in [0.2, 0.25) is 12.2 Å². The quantitative estimate of drug-likeness (QED) is 0.136. The number of esters is 2. The molecule has 264 valence electrons. The van der Waals surface area contributed by atoms with E-state index in [0.717, 1.165) is 4.57 Å². The summed E-state index contributed by atoms with van der Waals surface area (Å²) in [7, 11) is -4.39. The van der Waals surface area contributed by atoms with Crippen LogP contribution < -0.4 is 16.2 Å². The van der Waals surface area contributed by atoms with Crippen molar-refractivity contribution in [3.05, 3.63) is 128 Å². The van der Waals surface area contributed by atoms with Crippen molar-refractivity contribution in [2.24, 2.45) is 0 Å². The highest BCUT2D eigenvalue weighted by Crippen LogP contribution is 2.50. The molecule has 0 amide bonds. The second kappa shape index (κ2) is 15.2. The first-order valence-corrected chi connectivity index (χ1v) is 17.8. The van der Waals surface area contributed by atoms with Crippen LogP contribution in [0, 0.1) is 0 Å². The second-order valence-electron chi connectivity index (χ2n) is 10.8. The Bertz CT molecular complexity index is 2210. The zero-order valence-corrected chi connectivity index (χ0v) is 28.3. The molecule has 3 heterocycles. The van der Waals surface area contributed by atoms with Gasteiger partial charge in [0.25, 0.3) is 5.56 Å². The maximum absolute atomic E-state index is 13.8. The summed E-state index contributed by atoms with van der Waals surface area (Å²) in [4.78, 5) is 71.6. The number of H-pyrrole nitrogens is 1. The normalized spacial score (nSPS) is 19.6. The van der Waals surface area contributed by atoms with Crippen molar-refractivity contribution >= 4 is 53.1 Å². The van der Waals surface area contributed by atoms with Gasteiger partial charge in [0, 0.05) is 0 Å². The molecule has 6 rings (SSSR count). The Balaban J connectivity index is 1.40. The maximum atomic E-state index is 13.8. The highest BCUT2D eigenvalue weighted by Gasteiger charge is 2.53. The number of hydrogen-bond acceptors (Lipinski definition) is 15. The Labute approximate surface area is 292 Å². The van der Waals surface area contributed by atoms with Gasteiger partial charge in [-0.25, -0.2) is 18.9 Å². The molecule has 1 unspecified atom stereocenters. The monoisotopic (exact) mass is 736 g/mol. The lowest BCUT2D eigenvalue weighted by molar-refractivity contribution is -0.169. The molecule has 0 aliphatic carbocycles. The summed E-state index contributed by atoms with van der Waals surface area (Å²) in [6.45, 7) is 1.36. The minimum absolute atomic E-state index is 0.0858. The van der Waals surface area contributed by atoms with Crippen LogP contribution in [0.5, 0.6) is 0 Å². The molecule has 1 aliphatic heterocycles. The Morgan fingerprint density at radius 1 is 0.863 bits per heavy atom. The maximum Gasteiger partial charge on any atom is 0.407 e. The van der Waals surface area contributed by atoms with Crippen LogP contribution in [0.25, 0.3) is 10.3 Å². The molecule has 18 heteroatoms. The SMILES string of the molecule is CCOP(=O)(CO[C@H]1O[C@@H](n2c(=O)sc3c(=O)[nH]c(N)nc32)[C@H](OC(=O)c2ccccc2)[C@@H]1OC(=O)c1ccccc1)OC(=O)c1ccccc1. The third-order valence-electron chi connectivity index (χ3n) is 7.35. The number of aromatic nitrogens is 3. The molecule has 3 aromatic carbocycles. The summed E-state index contributed by atoms with van der Waals surface area (Å²) in [5.74, 6) is -3.09. The number of thiazole rings is 1. The molecule has 51 heavy (non-hydrogen) atoms. The van der Waals surface area contributed by atoms with Crippen molar-refractivity contribution in [3.63, 3.8) is 0 Å². The van der Waals surface area contributed by atoms with Gasteiger partial charge in [0.05, 0.1) is 23.3 Å². The number of ether oxygens (including phenoxy) is 4. The highest BCUT2D eigenvalue weighted by atomic mass is 32.1. The van der Waals surface area contributed by atoms with Gasteiger partial charge in [-0.1, -0.05) is 65.9 Å². The zero-order chi connectivity index (χ0) is 36.1. The van der Waals surface area contributed by atoms with Crippen molar-refractivity contribution in [1.82, 2.24) is 14.5 Å². The van der Waals surface area contributed by atoms with E-state index in [1.165, 1.54) is 43.3 Å². The number of nitrogen functional groups attached to an aromatic ring is 1. The number of aromatic amines is 1. The van der Waals surface area contributed by atoms with Gasteiger partial charge in [-0.3, -0.25) is 23.7 Å². The fourth-order valence-electron chi connectivity index (χ4n) is 5.11. The summed E-state index contributed by atoms with van der Waals surface area (Å²) in [6.07, 6.45) is -7.60. The predicted octanol–water partition coefficient (Wildman–Crippen LogP) is 4.10. The van der Waals surface area contributed by atoms with Gasteiger partial charge in [-0.2, -0.15) is 4.98 Å². The number of carbonyl (C=O) groups is 3. The van der Waals surface area contributed by atoms with Gasteiger partial charge in [-0.15, -0.1) is 0 Å². The van der Waals surface area contributed by atoms with E-state index in [1.54, 1.807) is 54.6 Å². The summed E-state index contributed by atoms with van der Waals surface area (Å²) in [5, 5.41) is 0. The first-order chi connectivity index (χ1) is 24.6. The van der Waals surface area contributed by atoms with Crippen molar-refractivity contribution in [2.75, 3.05) is 18.7 Å². The lowest BCUT2D eigenvalue weighted by Gasteiger charge is -2.25. The highest BCUT2D eigenvalue weighted by molar-refractivity contribution is 7.54. The van der Waals surface area contributed by atoms with Crippen molar-refractivity contribution in [2.45, 2.75) is 31.6 Å². The van der Waals surface area contributed by atoms with Gasteiger partial charge in [-0.05, 0) is 43.3 Å². The van der Waals surface area contributed by atoms with E-state index in [0.29, 0.717) is 11.3 Å². The molecule has 16 nitrogen and oxygen atoms in total. The number of rotatable bonds is 12. The lowest BCUT2D eigenvalue weighted by atomic mass is 10.1. The Hall–Kier alpha value is -5.45. The molecule has 5 aromatic rings. The molecule has 5 atom stereocenters. The van der Waals surface area contributed by atoms with Crippen LogP contribution in [0.1, 0.15) is 44.2 Å². The van der Waals surface area contributed by atoms with Crippen LogP contribution in [-0.4, -0.2) is 63.9 Å². The molecular weight excluding hydrogens is 707 g/mol. The van der Waals surface area contributed by atoms with Gasteiger partial charge in [0.1, 0.15) is 4.70 Å². The number of nitrogens with two attached hydrogens (primary N) is 1. The molecule has 1 fully saturated rings. The third kappa shape index (κ3) is 7.82. The van der Waals surface area contributed by atoms with E-state index in [2.05, 4.69) is 9.97 Å². The number of benzene rings is 3. The first kappa shape index (κ1) is 35.4. The van der Waals surface area contributed by atoms with E-state index >= 15 is 0 Å². The Kier molecular flexibility index (Phi) is 10.5. The molecule has 3 N–H and O–H groups in total. The summed E-state index contributed by atoms with van der Waals surface area (Å²) < 4.78 is 48.9. The van der Waals surface area contributed by atoms with Crippen molar-refractivity contribution in [1.29, 1.82) is 0 Å². The van der Waals surface area contributed by atoms with Crippen LogP contribution in [0.2, 0.25) is 0 Å². The lowest BCUT2D eigenvalue weighted by Crippen LogP contribution is -2.41. The number of nitrogens with one attached hydrogen (secondary N) is 1. The van der Waals surface area contributed by atoms with E-state index < -0.39 is 67.0 Å². The molecule has 0 radical (unpaired) electrons. The van der Waals surface area contributed by atoms with Crippen LogP contribution in [-0.2, 0) is 32.6 Å². The Morgan fingerprint density at radius 2 is 1.39 bits per heavy atom. The average molecular weight is 737 g/mol. The minimum atomic E-state index is -4.39. The summed E-state index contributed by atoms with van der Waals surface area (Å²) >= 11 is 0.515. The fraction of sp³-hybridized carbons (Fsp3) is 0.212. The second-order valence-corrected chi connectivity index (χ2v) is 13.7. The third-order valence-corrected chi connectivity index (χ3v) is 9.86. The van der Waals surface area contributed by atoms with Crippen molar-refractivity contribution in [3.8, 4) is 0 Å². The van der Waals surface area contributed by atoms with Crippen LogP contribution in [0.3, 0.4) is 0 Å². The molecule has 1 aliphatic rings. The molecule has 0 spiro atoms. The molecule has 1 saturated heterocycles. The fourth-order valence-corrected chi connectivity index (χ4v) is 7.21. The summed E-state index contributed by atoms with van der Waals surface area (Å²) in [5.41, 5.74) is 5.15. The Morgan fingerprint density at radius 3 is 1.94 bits per heavy atom. The number of carbonyl (C=O) groups excluding carboxylic acids is 3. The van der Waals surface area contributed by atoms with Crippen molar-refractivity contribution < 1.29 is 46.9 Å². The molecular formula is C33H29N4O12PS. The average Bonchev–Trinajstić information content (AvgIpc) is 3.63. The van der Waals surface area contributed by atoms with Gasteiger partial charge < -0.3 is 29.2 Å². The topological polar surface area (TPSA) is 217 Å². The van der Waals surface area contributed by atoms with E-state index in [-0.39, 0.29) is 39.6 Å². The largest absolute Gasteiger partial charge is 0.450 e. The number of hydrogen-bond donors (Lipinski definition) is 2. The molecule has 0 bridgehead atoms. The van der Waals surface area contributed by atoms with Gasteiger partial charge >= 0.3 is 30.4 Å². The number of nitrogens with zero attached hydrogens (tertiary/aromatic N) is 2. The molecule has 2 aromatic heterocycles. The first-order valence-electron chi connectivity index (χ1n) is 15.3. The minimum Gasteiger partial charge on any atom is -0.450 e. The van der Waals surface area contributed by atoms with E-state index in [9.17, 15) is 28.5 Å². The van der Waals surface area contributed by atoms with E-state index in [1.807, 2.05) is 0 Å². The zero-order valence-electron chi connectivity index (χ0n) is 26.6. The van der Waals surface area contributed by atoms with Crippen LogP contribution in [0.15, 0.2) is 101 Å². The van der Waals surface area contributed by atoms with Gasteiger partial charge in [0.15, 0.2) is 30.4 Å². The van der Waals surface area contributed by atoms with Crippen LogP contribution >= 0.6 is 18.9 Å². The van der Waals surface area contributed by atoms with Crippen LogP contribution in [0.4, 0.5) is 5.95 Å². The smallest absolute Gasteiger partial charge is 0.407 e.